The van der Waals surface area contributed by atoms with Gasteiger partial charge in [0.1, 0.15) is 5.58 Å². The molecule has 0 radical (unpaired) electrons. The Labute approximate surface area is 156 Å². The third-order valence-corrected chi connectivity index (χ3v) is 3.98. The molecule has 1 amide bonds. The molecule has 2 aromatic rings. The molecule has 7 nitrogen and oxygen atoms in total. The number of aliphatic carboxylic acids is 1. The van der Waals surface area contributed by atoms with Crippen LogP contribution in [-0.2, 0) is 4.79 Å². The van der Waals surface area contributed by atoms with Crippen molar-refractivity contribution in [3.63, 3.8) is 0 Å². The summed E-state index contributed by atoms with van der Waals surface area (Å²) in [6, 6.07) is 7.20. The lowest BCUT2D eigenvalue weighted by atomic mass is 10.1. The largest absolute Gasteiger partial charge is 0.490 e. The minimum absolute atomic E-state index is 0.233. The van der Waals surface area contributed by atoms with Gasteiger partial charge < -0.3 is 15.3 Å². The summed E-state index contributed by atoms with van der Waals surface area (Å²) in [5.74, 6) is -2.71. The molecule has 1 saturated heterocycles. The van der Waals surface area contributed by atoms with Crippen LogP contribution >= 0.6 is 11.6 Å². The van der Waals surface area contributed by atoms with Crippen LogP contribution in [0.3, 0.4) is 0 Å². The number of halogens is 4. The first-order valence-electron chi connectivity index (χ1n) is 7.87. The Hall–Kier alpha value is -2.30. The number of carboxylic acid groups (broad SMARTS) is 1. The quantitative estimate of drug-likeness (QED) is 0.706. The minimum atomic E-state index is -5.08. The number of hydrogen-bond donors (Lipinski definition) is 3. The third kappa shape index (κ3) is 6.12. The highest BCUT2D eigenvalue weighted by Gasteiger charge is 2.38. The number of amides is 1. The molecule has 1 aromatic carbocycles. The average molecular weight is 408 g/mol. The molecule has 1 aliphatic rings. The number of benzene rings is 1. The fourth-order valence-corrected chi connectivity index (χ4v) is 2.52. The summed E-state index contributed by atoms with van der Waals surface area (Å²) < 4.78 is 37.3. The minimum Gasteiger partial charge on any atom is -0.475 e. The smallest absolute Gasteiger partial charge is 0.475 e. The van der Waals surface area contributed by atoms with Crippen molar-refractivity contribution in [2.75, 3.05) is 13.1 Å². The fourth-order valence-electron chi connectivity index (χ4n) is 2.34. The summed E-state index contributed by atoms with van der Waals surface area (Å²) in [6.07, 6.45) is -3.31. The van der Waals surface area contributed by atoms with Crippen molar-refractivity contribution >= 4 is 34.4 Å². The number of alkyl halides is 3. The van der Waals surface area contributed by atoms with Crippen molar-refractivity contribution in [1.29, 1.82) is 0 Å². The zero-order chi connectivity index (χ0) is 20.2. The number of carbonyl (C=O) groups is 2. The molecule has 1 aliphatic heterocycles. The fraction of sp³-hybridized carbons (Fsp3) is 0.375. The van der Waals surface area contributed by atoms with Gasteiger partial charge in [0.2, 0.25) is 0 Å². The number of nitrogens with two attached hydrogens (primary N) is 1. The third-order valence-electron chi connectivity index (χ3n) is 3.74. The number of rotatable bonds is 2. The lowest BCUT2D eigenvalue weighted by Gasteiger charge is -2.29. The first-order chi connectivity index (χ1) is 12.6. The van der Waals surface area contributed by atoms with E-state index in [0.29, 0.717) is 10.6 Å². The Morgan fingerprint density at radius 3 is 2.41 bits per heavy atom. The van der Waals surface area contributed by atoms with E-state index in [4.69, 9.17) is 31.7 Å². The maximum absolute atomic E-state index is 12.1. The molecule has 0 aliphatic carbocycles. The van der Waals surface area contributed by atoms with Gasteiger partial charge in [0.25, 0.3) is 0 Å². The van der Waals surface area contributed by atoms with Crippen molar-refractivity contribution in [3.05, 3.63) is 35.0 Å². The lowest BCUT2D eigenvalue weighted by molar-refractivity contribution is -0.192. The molecular formula is C16H17ClF3N3O4. The molecule has 0 unspecified atom stereocenters. The highest BCUT2D eigenvalue weighted by molar-refractivity contribution is 6.31. The Kier molecular flexibility index (Phi) is 6.68. The first-order valence-corrected chi connectivity index (χ1v) is 8.25. The van der Waals surface area contributed by atoms with E-state index in [2.05, 4.69) is 5.43 Å². The van der Waals surface area contributed by atoms with Crippen LogP contribution in [-0.4, -0.2) is 47.3 Å². The molecule has 3 rings (SSSR count). The van der Waals surface area contributed by atoms with E-state index in [1.165, 1.54) is 0 Å². The van der Waals surface area contributed by atoms with Gasteiger partial charge in [-0.15, -0.1) is 0 Å². The van der Waals surface area contributed by atoms with Gasteiger partial charge in [-0.3, -0.25) is 10.2 Å². The van der Waals surface area contributed by atoms with Crippen molar-refractivity contribution in [3.8, 4) is 0 Å². The van der Waals surface area contributed by atoms with E-state index in [-0.39, 0.29) is 17.7 Å². The molecule has 27 heavy (non-hydrogen) atoms. The second kappa shape index (κ2) is 8.59. The second-order valence-corrected chi connectivity index (χ2v) is 6.30. The summed E-state index contributed by atoms with van der Waals surface area (Å²) in [6.45, 7) is 1.53. The predicted molar refractivity (Wildman–Crippen MR) is 91.2 cm³/mol. The number of carbonyl (C=O) groups excluding carboxylic acids is 1. The van der Waals surface area contributed by atoms with E-state index in [0.717, 1.165) is 31.3 Å². The summed E-state index contributed by atoms with van der Waals surface area (Å²) in [4.78, 5) is 21.0. The SMILES string of the molecule is NC1CCN(NC(=O)c2cc3cc(Cl)ccc3o2)CC1.O=C(O)C(F)(F)F. The number of nitrogens with one attached hydrogen (secondary N) is 1. The number of piperidine rings is 1. The van der Waals surface area contributed by atoms with Crippen LogP contribution in [0.5, 0.6) is 0 Å². The number of hydrazine groups is 1. The maximum Gasteiger partial charge on any atom is 0.490 e. The average Bonchev–Trinajstić information content (AvgIpc) is 3.00. The Bertz CT molecular complexity index is 817. The van der Waals surface area contributed by atoms with E-state index >= 15 is 0 Å². The Morgan fingerprint density at radius 1 is 1.26 bits per heavy atom. The van der Waals surface area contributed by atoms with E-state index in [9.17, 15) is 18.0 Å². The topological polar surface area (TPSA) is 109 Å². The summed E-state index contributed by atoms with van der Waals surface area (Å²) >= 11 is 5.91. The van der Waals surface area contributed by atoms with E-state index in [1.54, 1.807) is 24.3 Å². The number of carboxylic acids is 1. The van der Waals surface area contributed by atoms with Gasteiger partial charge in [-0.2, -0.15) is 13.2 Å². The Balaban J connectivity index is 0.000000321. The molecule has 11 heteroatoms. The standard InChI is InChI=1S/C14H16ClN3O2.C2HF3O2/c15-10-1-2-12-9(7-10)8-13(20-12)14(19)17-18-5-3-11(16)4-6-18;3-2(4,5)1(6)7/h1-2,7-8,11H,3-6,16H2,(H,17,19);(H,6,7). The summed E-state index contributed by atoms with van der Waals surface area (Å²) in [5.41, 5.74) is 9.33. The van der Waals surface area contributed by atoms with E-state index in [1.807, 2.05) is 5.01 Å². The molecule has 0 bridgehead atoms. The molecular weight excluding hydrogens is 391 g/mol. The zero-order valence-electron chi connectivity index (χ0n) is 13.9. The maximum atomic E-state index is 12.1. The first kappa shape index (κ1) is 21.0. The van der Waals surface area contributed by atoms with Gasteiger partial charge in [0.05, 0.1) is 0 Å². The molecule has 2 heterocycles. The van der Waals surface area contributed by atoms with Crippen molar-refractivity contribution in [2.45, 2.75) is 25.1 Å². The van der Waals surface area contributed by atoms with Gasteiger partial charge in [-0.05, 0) is 37.1 Å². The van der Waals surface area contributed by atoms with Crippen LogP contribution in [0.15, 0.2) is 28.7 Å². The zero-order valence-corrected chi connectivity index (χ0v) is 14.7. The molecule has 1 aromatic heterocycles. The molecule has 0 saturated carbocycles. The lowest BCUT2D eigenvalue weighted by Crippen LogP contribution is -2.49. The molecule has 0 atom stereocenters. The monoisotopic (exact) mass is 407 g/mol. The van der Waals surface area contributed by atoms with Crippen molar-refractivity contribution in [2.24, 2.45) is 5.73 Å². The van der Waals surface area contributed by atoms with Crippen molar-refractivity contribution in [1.82, 2.24) is 10.4 Å². The number of hydrogen-bond acceptors (Lipinski definition) is 5. The summed E-state index contributed by atoms with van der Waals surface area (Å²) in [5, 5.41) is 10.4. The van der Waals surface area contributed by atoms with Crippen LogP contribution in [0, 0.1) is 0 Å². The van der Waals surface area contributed by atoms with Crippen LogP contribution in [0.2, 0.25) is 5.02 Å². The van der Waals surface area contributed by atoms with Gasteiger partial charge in [-0.1, -0.05) is 11.6 Å². The number of fused-ring (bicyclic) bond motifs is 1. The molecule has 1 fully saturated rings. The highest BCUT2D eigenvalue weighted by atomic mass is 35.5. The van der Waals surface area contributed by atoms with Gasteiger partial charge in [0, 0.05) is 29.5 Å². The molecule has 148 valence electrons. The predicted octanol–water partition coefficient (Wildman–Crippen LogP) is 2.79. The highest BCUT2D eigenvalue weighted by Crippen LogP contribution is 2.23. The van der Waals surface area contributed by atoms with Gasteiger partial charge >= 0.3 is 18.1 Å². The van der Waals surface area contributed by atoms with Crippen LogP contribution in [0.1, 0.15) is 23.4 Å². The second-order valence-electron chi connectivity index (χ2n) is 5.86. The van der Waals surface area contributed by atoms with Crippen LogP contribution in [0.4, 0.5) is 13.2 Å². The van der Waals surface area contributed by atoms with Crippen molar-refractivity contribution < 1.29 is 32.3 Å². The van der Waals surface area contributed by atoms with E-state index < -0.39 is 12.1 Å². The number of furan rings is 1. The van der Waals surface area contributed by atoms with Crippen LogP contribution in [0.25, 0.3) is 11.0 Å². The normalized spacial score (nSPS) is 15.9. The molecule has 0 spiro atoms. The van der Waals surface area contributed by atoms with Gasteiger partial charge in [0.15, 0.2) is 5.76 Å². The number of nitrogens with zero attached hydrogens (tertiary/aromatic N) is 1. The summed E-state index contributed by atoms with van der Waals surface area (Å²) in [7, 11) is 0. The van der Waals surface area contributed by atoms with Gasteiger partial charge in [-0.25, -0.2) is 9.80 Å². The van der Waals surface area contributed by atoms with Crippen LogP contribution < -0.4 is 11.2 Å². The Morgan fingerprint density at radius 2 is 1.85 bits per heavy atom. The molecule has 4 N–H and O–H groups in total.